The van der Waals surface area contributed by atoms with Gasteiger partial charge in [-0.3, -0.25) is 4.79 Å². The van der Waals surface area contributed by atoms with Crippen LogP contribution in [0.2, 0.25) is 0 Å². The highest BCUT2D eigenvalue weighted by molar-refractivity contribution is 9.09. The van der Waals surface area contributed by atoms with Crippen LogP contribution < -0.4 is 5.32 Å². The molecule has 0 aromatic carbocycles. The number of amides is 1. The third-order valence-electron chi connectivity index (χ3n) is 1.49. The van der Waals surface area contributed by atoms with Crippen molar-refractivity contribution >= 4 is 33.2 Å². The summed E-state index contributed by atoms with van der Waals surface area (Å²) in [6, 6.07) is 0. The Kier molecular flexibility index (Phi) is 4.38. The molecule has 5 heteroatoms. The number of rotatable bonds is 4. The van der Waals surface area contributed by atoms with E-state index in [4.69, 9.17) is 0 Å². The second kappa shape index (κ2) is 5.34. The molecule has 0 unspecified atom stereocenters. The Morgan fingerprint density at radius 2 is 2.54 bits per heavy atom. The molecule has 1 N–H and O–H groups in total. The lowest BCUT2D eigenvalue weighted by Gasteiger charge is -1.99. The Morgan fingerprint density at radius 1 is 1.77 bits per heavy atom. The summed E-state index contributed by atoms with van der Waals surface area (Å²) in [4.78, 5) is 15.1. The van der Waals surface area contributed by atoms with Gasteiger partial charge in [0.2, 0.25) is 5.91 Å². The second-order valence-corrected chi connectivity index (χ2v) is 4.21. The van der Waals surface area contributed by atoms with E-state index in [2.05, 4.69) is 26.2 Å². The molecule has 0 aliphatic rings. The zero-order valence-corrected chi connectivity index (χ0v) is 9.74. The number of aryl methyl sites for hydroxylation is 1. The molecule has 0 bridgehead atoms. The van der Waals surface area contributed by atoms with Crippen LogP contribution in [0.4, 0.5) is 0 Å². The number of carbonyl (C=O) groups is 1. The fourth-order valence-corrected chi connectivity index (χ4v) is 1.75. The van der Waals surface area contributed by atoms with E-state index in [-0.39, 0.29) is 5.91 Å². The van der Waals surface area contributed by atoms with Gasteiger partial charge < -0.3 is 5.32 Å². The molecule has 0 saturated carbocycles. The fraction of sp³-hybridized carbons (Fsp3) is 0.500. The summed E-state index contributed by atoms with van der Waals surface area (Å²) in [5.41, 5.74) is 1.05. The van der Waals surface area contributed by atoms with Gasteiger partial charge in [0.15, 0.2) is 0 Å². The highest BCUT2D eigenvalue weighted by atomic mass is 79.9. The summed E-state index contributed by atoms with van der Waals surface area (Å²) in [6.07, 6.45) is 0.809. The van der Waals surface area contributed by atoms with E-state index in [1.165, 1.54) is 0 Å². The minimum absolute atomic E-state index is 0.0203. The molecular formula is C8H11BrN2OS. The molecule has 0 atom stereocenters. The summed E-state index contributed by atoms with van der Waals surface area (Å²) in [6.45, 7) is 2.64. The van der Waals surface area contributed by atoms with Crippen molar-refractivity contribution in [3.63, 3.8) is 0 Å². The van der Waals surface area contributed by atoms with Crippen LogP contribution >= 0.6 is 27.3 Å². The number of halogens is 1. The fourth-order valence-electron chi connectivity index (χ4n) is 0.900. The van der Waals surface area contributed by atoms with Gasteiger partial charge in [-0.15, -0.1) is 11.3 Å². The van der Waals surface area contributed by atoms with Gasteiger partial charge in [0, 0.05) is 18.3 Å². The Bertz CT molecular complexity index is 287. The molecule has 1 heterocycles. The van der Waals surface area contributed by atoms with E-state index in [1.54, 1.807) is 11.3 Å². The summed E-state index contributed by atoms with van der Waals surface area (Å²) in [5, 5.41) is 6.23. The minimum atomic E-state index is 0.0203. The van der Waals surface area contributed by atoms with Gasteiger partial charge in [0.05, 0.1) is 16.0 Å². The second-order valence-electron chi connectivity index (χ2n) is 2.59. The van der Waals surface area contributed by atoms with Crippen LogP contribution in [-0.4, -0.2) is 22.8 Å². The van der Waals surface area contributed by atoms with Crippen LogP contribution in [0.25, 0.3) is 0 Å². The van der Waals surface area contributed by atoms with Gasteiger partial charge in [-0.05, 0) is 6.92 Å². The van der Waals surface area contributed by atoms with Crippen molar-refractivity contribution in [2.45, 2.75) is 13.3 Å². The first-order valence-corrected chi connectivity index (χ1v) is 5.96. The molecular weight excluding hydrogens is 252 g/mol. The maximum atomic E-state index is 10.8. The van der Waals surface area contributed by atoms with Gasteiger partial charge in [0.25, 0.3) is 0 Å². The topological polar surface area (TPSA) is 42.0 Å². The maximum Gasteiger partial charge on any atom is 0.230 e. The van der Waals surface area contributed by atoms with E-state index in [1.807, 2.05) is 12.3 Å². The SMILES string of the molecule is Cc1nc(CCNC(=O)CBr)cs1. The number of aromatic nitrogens is 1. The first-order valence-electron chi connectivity index (χ1n) is 3.96. The number of carbonyl (C=O) groups excluding carboxylic acids is 1. The summed E-state index contributed by atoms with van der Waals surface area (Å²) >= 11 is 4.72. The maximum absolute atomic E-state index is 10.8. The molecule has 0 radical (unpaired) electrons. The quantitative estimate of drug-likeness (QED) is 0.836. The predicted molar refractivity (Wildman–Crippen MR) is 57.4 cm³/mol. The number of hydrogen-bond donors (Lipinski definition) is 1. The average molecular weight is 263 g/mol. The first-order chi connectivity index (χ1) is 6.22. The number of thiazole rings is 1. The lowest BCUT2D eigenvalue weighted by molar-refractivity contribution is -0.118. The van der Waals surface area contributed by atoms with E-state index in [0.717, 1.165) is 17.1 Å². The van der Waals surface area contributed by atoms with E-state index in [0.29, 0.717) is 11.9 Å². The molecule has 1 rings (SSSR count). The largest absolute Gasteiger partial charge is 0.355 e. The standard InChI is InChI=1S/C8H11BrN2OS/c1-6-11-7(5-13-6)2-3-10-8(12)4-9/h5H,2-4H2,1H3,(H,10,12). The Labute approximate surface area is 89.7 Å². The highest BCUT2D eigenvalue weighted by Gasteiger charge is 1.99. The monoisotopic (exact) mass is 262 g/mol. The molecule has 0 spiro atoms. The highest BCUT2D eigenvalue weighted by Crippen LogP contribution is 2.07. The van der Waals surface area contributed by atoms with E-state index >= 15 is 0 Å². The predicted octanol–water partition coefficient (Wildman–Crippen LogP) is 1.51. The molecule has 1 aromatic rings. The minimum Gasteiger partial charge on any atom is -0.355 e. The van der Waals surface area contributed by atoms with Crippen molar-refractivity contribution in [2.24, 2.45) is 0 Å². The van der Waals surface area contributed by atoms with Crippen molar-refractivity contribution in [3.05, 3.63) is 16.1 Å². The molecule has 0 fully saturated rings. The number of nitrogens with zero attached hydrogens (tertiary/aromatic N) is 1. The third-order valence-corrected chi connectivity index (χ3v) is 2.82. The van der Waals surface area contributed by atoms with Crippen LogP contribution in [0.15, 0.2) is 5.38 Å². The molecule has 0 aliphatic heterocycles. The summed E-state index contributed by atoms with van der Waals surface area (Å²) < 4.78 is 0. The van der Waals surface area contributed by atoms with Crippen molar-refractivity contribution < 1.29 is 4.79 Å². The van der Waals surface area contributed by atoms with Crippen LogP contribution in [0.5, 0.6) is 0 Å². The molecule has 13 heavy (non-hydrogen) atoms. The molecule has 0 aliphatic carbocycles. The normalized spacial score (nSPS) is 10.0. The average Bonchev–Trinajstić information content (AvgIpc) is 2.51. The molecule has 1 aromatic heterocycles. The Morgan fingerprint density at radius 3 is 3.08 bits per heavy atom. The van der Waals surface area contributed by atoms with Gasteiger partial charge in [-0.2, -0.15) is 0 Å². The lowest BCUT2D eigenvalue weighted by Crippen LogP contribution is -2.26. The smallest absolute Gasteiger partial charge is 0.230 e. The van der Waals surface area contributed by atoms with Crippen LogP contribution in [0, 0.1) is 6.92 Å². The molecule has 0 saturated heterocycles. The first kappa shape index (κ1) is 10.7. The molecule has 72 valence electrons. The van der Waals surface area contributed by atoms with Crippen molar-refractivity contribution in [1.82, 2.24) is 10.3 Å². The van der Waals surface area contributed by atoms with Gasteiger partial charge in [0.1, 0.15) is 0 Å². The van der Waals surface area contributed by atoms with Crippen molar-refractivity contribution in [1.29, 1.82) is 0 Å². The zero-order valence-electron chi connectivity index (χ0n) is 7.34. The van der Waals surface area contributed by atoms with E-state index in [9.17, 15) is 4.79 Å². The van der Waals surface area contributed by atoms with Crippen molar-refractivity contribution in [2.75, 3.05) is 11.9 Å². The zero-order chi connectivity index (χ0) is 9.68. The van der Waals surface area contributed by atoms with Crippen molar-refractivity contribution in [3.8, 4) is 0 Å². The molecule has 1 amide bonds. The Balaban J connectivity index is 2.24. The number of hydrogen-bond acceptors (Lipinski definition) is 3. The van der Waals surface area contributed by atoms with Gasteiger partial charge in [-0.25, -0.2) is 4.98 Å². The number of alkyl halides is 1. The van der Waals surface area contributed by atoms with Gasteiger partial charge >= 0.3 is 0 Å². The van der Waals surface area contributed by atoms with Crippen LogP contribution in [-0.2, 0) is 11.2 Å². The Hall–Kier alpha value is -0.420. The summed E-state index contributed by atoms with van der Waals surface area (Å²) in [5.74, 6) is 0.0203. The summed E-state index contributed by atoms with van der Waals surface area (Å²) in [7, 11) is 0. The van der Waals surface area contributed by atoms with Crippen LogP contribution in [0.3, 0.4) is 0 Å². The van der Waals surface area contributed by atoms with Gasteiger partial charge in [-0.1, -0.05) is 15.9 Å². The third kappa shape index (κ3) is 3.87. The lowest BCUT2D eigenvalue weighted by atomic mass is 10.3. The number of nitrogens with one attached hydrogen (secondary N) is 1. The molecule has 3 nitrogen and oxygen atoms in total. The van der Waals surface area contributed by atoms with E-state index < -0.39 is 0 Å². The van der Waals surface area contributed by atoms with Crippen LogP contribution in [0.1, 0.15) is 10.7 Å².